The normalized spacial score (nSPS) is 11.0. The highest BCUT2D eigenvalue weighted by Crippen LogP contribution is 2.27. The van der Waals surface area contributed by atoms with Crippen molar-refractivity contribution in [2.75, 3.05) is 16.6 Å². The van der Waals surface area contributed by atoms with Gasteiger partial charge in [-0.15, -0.1) is 0 Å². The number of hydrogen-bond acceptors (Lipinski definition) is 5. The molecule has 3 rings (SSSR count). The van der Waals surface area contributed by atoms with Crippen LogP contribution in [-0.2, 0) is 14.8 Å². The molecule has 0 bridgehead atoms. The summed E-state index contributed by atoms with van der Waals surface area (Å²) >= 11 is 12.0. The van der Waals surface area contributed by atoms with Gasteiger partial charge in [-0.3, -0.25) is 9.52 Å². The molecule has 0 heterocycles. The highest BCUT2D eigenvalue weighted by Gasteiger charge is 2.18. The number of benzene rings is 3. The second kappa shape index (κ2) is 10.0. The lowest BCUT2D eigenvalue weighted by molar-refractivity contribution is 0.0526. The molecule has 7 nitrogen and oxygen atoms in total. The third-order valence-corrected chi connectivity index (χ3v) is 6.16. The van der Waals surface area contributed by atoms with E-state index in [1.54, 1.807) is 25.1 Å². The lowest BCUT2D eigenvalue weighted by Gasteiger charge is -2.12. The number of ether oxygens (including phenoxy) is 1. The van der Waals surface area contributed by atoms with E-state index in [-0.39, 0.29) is 32.8 Å². The number of carbonyl (C=O) groups is 2. The second-order valence-corrected chi connectivity index (χ2v) is 9.04. The molecule has 0 aliphatic rings. The number of amides is 1. The van der Waals surface area contributed by atoms with Gasteiger partial charge in [0.2, 0.25) is 0 Å². The van der Waals surface area contributed by atoms with Gasteiger partial charge in [0.25, 0.3) is 15.9 Å². The van der Waals surface area contributed by atoms with E-state index in [0.717, 1.165) is 0 Å². The van der Waals surface area contributed by atoms with Crippen molar-refractivity contribution in [1.82, 2.24) is 0 Å². The fraction of sp³-hybridized carbons (Fsp3) is 0.0909. The molecule has 1 amide bonds. The van der Waals surface area contributed by atoms with Gasteiger partial charge in [0.1, 0.15) is 0 Å². The van der Waals surface area contributed by atoms with Crippen molar-refractivity contribution in [2.24, 2.45) is 0 Å². The Hall–Kier alpha value is -3.07. The molecule has 10 heteroatoms. The predicted molar refractivity (Wildman–Crippen MR) is 124 cm³/mol. The van der Waals surface area contributed by atoms with Crippen LogP contribution in [0.25, 0.3) is 0 Å². The van der Waals surface area contributed by atoms with E-state index in [2.05, 4.69) is 10.0 Å². The first kappa shape index (κ1) is 23.6. The molecule has 0 fully saturated rings. The molecule has 0 saturated heterocycles. The number of nitrogens with one attached hydrogen (secondary N) is 2. The first-order valence-electron chi connectivity index (χ1n) is 9.36. The molecule has 166 valence electrons. The summed E-state index contributed by atoms with van der Waals surface area (Å²) in [5.41, 5.74) is 1.01. The highest BCUT2D eigenvalue weighted by molar-refractivity contribution is 7.92. The molecule has 0 radical (unpaired) electrons. The van der Waals surface area contributed by atoms with Crippen LogP contribution in [0, 0.1) is 0 Å². The van der Waals surface area contributed by atoms with E-state index in [1.165, 1.54) is 48.5 Å². The van der Waals surface area contributed by atoms with Gasteiger partial charge in [-0.1, -0.05) is 29.3 Å². The minimum Gasteiger partial charge on any atom is -0.462 e. The van der Waals surface area contributed by atoms with E-state index < -0.39 is 21.9 Å². The summed E-state index contributed by atoms with van der Waals surface area (Å²) in [6, 6.07) is 16.1. The Labute approximate surface area is 195 Å². The molecule has 0 spiro atoms. The monoisotopic (exact) mass is 492 g/mol. The molecule has 2 N–H and O–H groups in total. The van der Waals surface area contributed by atoms with Crippen LogP contribution >= 0.6 is 23.2 Å². The van der Waals surface area contributed by atoms with Crippen LogP contribution in [-0.4, -0.2) is 26.9 Å². The molecular formula is C22H18Cl2N2O5S. The molecule has 3 aromatic carbocycles. The van der Waals surface area contributed by atoms with Gasteiger partial charge in [-0.2, -0.15) is 0 Å². The van der Waals surface area contributed by atoms with Gasteiger partial charge in [0.05, 0.1) is 27.8 Å². The zero-order valence-electron chi connectivity index (χ0n) is 16.8. The summed E-state index contributed by atoms with van der Waals surface area (Å²) in [5, 5.41) is 3.06. The number of rotatable bonds is 7. The Kier molecular flexibility index (Phi) is 7.40. The maximum absolute atomic E-state index is 12.6. The number of hydrogen-bond donors (Lipinski definition) is 2. The number of carbonyl (C=O) groups excluding carboxylic acids is 2. The first-order valence-corrected chi connectivity index (χ1v) is 11.6. The number of sulfonamides is 1. The van der Waals surface area contributed by atoms with E-state index in [1.807, 2.05) is 0 Å². The maximum atomic E-state index is 12.6. The molecule has 0 aliphatic carbocycles. The lowest BCUT2D eigenvalue weighted by Crippen LogP contribution is -2.15. The Bertz CT molecular complexity index is 1260. The largest absolute Gasteiger partial charge is 0.462 e. The summed E-state index contributed by atoms with van der Waals surface area (Å²) in [6.07, 6.45) is 0. The first-order chi connectivity index (χ1) is 15.2. The number of anilines is 2. The zero-order valence-corrected chi connectivity index (χ0v) is 19.1. The third kappa shape index (κ3) is 5.79. The standard InChI is InChI=1S/C22H18Cl2N2O5S/c1-2-31-22(28)14-6-9-17(10-7-14)25-21(27)15-8-11-19(24)20(12-15)26-32(29,30)18-5-3-4-16(23)13-18/h3-13,26H,2H2,1H3,(H,25,27). The molecule has 0 aliphatic heterocycles. The van der Waals surface area contributed by atoms with Crippen molar-refractivity contribution in [3.05, 3.63) is 87.9 Å². The van der Waals surface area contributed by atoms with Crippen molar-refractivity contribution in [3.63, 3.8) is 0 Å². The van der Waals surface area contributed by atoms with Gasteiger partial charge in [-0.25, -0.2) is 13.2 Å². The Morgan fingerprint density at radius 1 is 0.938 bits per heavy atom. The van der Waals surface area contributed by atoms with E-state index in [4.69, 9.17) is 27.9 Å². The fourth-order valence-electron chi connectivity index (χ4n) is 2.69. The fourth-order valence-corrected chi connectivity index (χ4v) is 4.28. The average molecular weight is 493 g/mol. The van der Waals surface area contributed by atoms with Gasteiger partial charge >= 0.3 is 5.97 Å². The van der Waals surface area contributed by atoms with Crippen molar-refractivity contribution in [1.29, 1.82) is 0 Å². The van der Waals surface area contributed by atoms with Gasteiger partial charge in [0.15, 0.2) is 0 Å². The smallest absolute Gasteiger partial charge is 0.338 e. The van der Waals surface area contributed by atoms with Crippen molar-refractivity contribution >= 4 is 56.5 Å². The van der Waals surface area contributed by atoms with E-state index in [9.17, 15) is 18.0 Å². The Balaban J connectivity index is 1.77. The average Bonchev–Trinajstić information content (AvgIpc) is 2.76. The quantitative estimate of drug-likeness (QED) is 0.440. The lowest BCUT2D eigenvalue weighted by atomic mass is 10.1. The number of halogens is 2. The zero-order chi connectivity index (χ0) is 23.3. The summed E-state index contributed by atoms with van der Waals surface area (Å²) < 4.78 is 32.6. The predicted octanol–water partition coefficient (Wildman–Crippen LogP) is 5.22. The summed E-state index contributed by atoms with van der Waals surface area (Å²) in [6.45, 7) is 1.97. The Morgan fingerprint density at radius 2 is 1.62 bits per heavy atom. The van der Waals surface area contributed by atoms with Crippen LogP contribution in [0.15, 0.2) is 71.6 Å². The second-order valence-electron chi connectivity index (χ2n) is 6.51. The van der Waals surface area contributed by atoms with Gasteiger partial charge < -0.3 is 10.1 Å². The third-order valence-electron chi connectivity index (χ3n) is 4.23. The molecule has 0 atom stereocenters. The molecule has 32 heavy (non-hydrogen) atoms. The Morgan fingerprint density at radius 3 is 2.28 bits per heavy atom. The van der Waals surface area contributed by atoms with Crippen LogP contribution in [0.3, 0.4) is 0 Å². The van der Waals surface area contributed by atoms with E-state index in [0.29, 0.717) is 11.3 Å². The molecule has 0 unspecified atom stereocenters. The maximum Gasteiger partial charge on any atom is 0.338 e. The van der Waals surface area contributed by atoms with Crippen molar-refractivity contribution in [2.45, 2.75) is 11.8 Å². The summed E-state index contributed by atoms with van der Waals surface area (Å²) in [4.78, 5) is 24.3. The van der Waals surface area contributed by atoms with Crippen LogP contribution in [0.4, 0.5) is 11.4 Å². The van der Waals surface area contributed by atoms with Crippen LogP contribution in [0.1, 0.15) is 27.6 Å². The molecular weight excluding hydrogens is 475 g/mol. The van der Waals surface area contributed by atoms with Gasteiger partial charge in [-0.05, 0) is 67.6 Å². The van der Waals surface area contributed by atoms with Crippen LogP contribution < -0.4 is 10.0 Å². The van der Waals surface area contributed by atoms with Crippen LogP contribution in [0.2, 0.25) is 10.0 Å². The minimum absolute atomic E-state index is 0.0388. The highest BCUT2D eigenvalue weighted by atomic mass is 35.5. The number of esters is 1. The van der Waals surface area contributed by atoms with Crippen molar-refractivity contribution in [3.8, 4) is 0 Å². The molecule has 0 aromatic heterocycles. The van der Waals surface area contributed by atoms with Crippen molar-refractivity contribution < 1.29 is 22.7 Å². The summed E-state index contributed by atoms with van der Waals surface area (Å²) in [7, 11) is -3.97. The molecule has 0 saturated carbocycles. The van der Waals surface area contributed by atoms with Gasteiger partial charge in [0, 0.05) is 16.3 Å². The SMILES string of the molecule is CCOC(=O)c1ccc(NC(=O)c2ccc(Cl)c(NS(=O)(=O)c3cccc(Cl)c3)c2)cc1. The van der Waals surface area contributed by atoms with E-state index >= 15 is 0 Å². The molecule has 3 aromatic rings. The van der Waals surface area contributed by atoms with Crippen LogP contribution in [0.5, 0.6) is 0 Å². The summed E-state index contributed by atoms with van der Waals surface area (Å²) in [5.74, 6) is -0.950. The minimum atomic E-state index is -3.97. The topological polar surface area (TPSA) is 102 Å².